The van der Waals surface area contributed by atoms with E-state index < -0.39 is 17.9 Å². The molecule has 128 valence electrons. The maximum absolute atomic E-state index is 12.4. The van der Waals surface area contributed by atoms with Crippen molar-refractivity contribution in [3.05, 3.63) is 70.6 Å². The lowest BCUT2D eigenvalue weighted by Crippen LogP contribution is -2.40. The summed E-state index contributed by atoms with van der Waals surface area (Å²) >= 11 is 0. The smallest absolute Gasteiger partial charge is 0.329 e. The van der Waals surface area contributed by atoms with Gasteiger partial charge in [-0.25, -0.2) is 4.79 Å². The Balaban J connectivity index is 1.87. The van der Waals surface area contributed by atoms with Crippen LogP contribution in [-0.4, -0.2) is 20.9 Å². The van der Waals surface area contributed by atoms with E-state index in [2.05, 4.69) is 5.32 Å². The fourth-order valence-electron chi connectivity index (χ4n) is 2.83. The number of aromatic nitrogens is 2. The number of rotatable bonds is 5. The Morgan fingerprint density at radius 2 is 1.64 bits per heavy atom. The number of fused-ring (bicyclic) bond motifs is 1. The van der Waals surface area contributed by atoms with Crippen LogP contribution in [0.2, 0.25) is 0 Å². The first-order chi connectivity index (χ1) is 12.0. The van der Waals surface area contributed by atoms with Crippen molar-refractivity contribution in [2.24, 2.45) is 12.8 Å². The molecule has 0 saturated carbocycles. The predicted octanol–water partition coefficient (Wildman–Crippen LogP) is 0.683. The molecule has 25 heavy (non-hydrogen) atoms. The topological polar surface area (TPSA) is 99.1 Å². The number of hydrogen-bond donors (Lipinski definition) is 2. The highest BCUT2D eigenvalue weighted by atomic mass is 16.2. The summed E-state index contributed by atoms with van der Waals surface area (Å²) in [6, 6.07) is 15.0. The number of hydrogen-bond acceptors (Lipinski definition) is 3. The van der Waals surface area contributed by atoms with Crippen LogP contribution < -0.4 is 16.7 Å². The summed E-state index contributed by atoms with van der Waals surface area (Å²) in [6.07, 6.45) is 0. The largest absolute Gasteiger partial charge is 0.368 e. The van der Waals surface area contributed by atoms with Gasteiger partial charge in [0, 0.05) is 7.05 Å². The van der Waals surface area contributed by atoms with E-state index in [1.807, 2.05) is 6.07 Å². The van der Waals surface area contributed by atoms with Crippen LogP contribution in [0.25, 0.3) is 11.0 Å². The molecule has 0 bridgehead atoms. The Morgan fingerprint density at radius 3 is 2.28 bits per heavy atom. The lowest BCUT2D eigenvalue weighted by molar-refractivity contribution is -0.127. The Bertz CT molecular complexity index is 988. The lowest BCUT2D eigenvalue weighted by Gasteiger charge is -2.16. The molecule has 0 saturated heterocycles. The molecule has 3 rings (SSSR count). The number of para-hydroxylation sites is 2. The van der Waals surface area contributed by atoms with Gasteiger partial charge in [-0.2, -0.15) is 0 Å². The van der Waals surface area contributed by atoms with Crippen LogP contribution in [0.1, 0.15) is 11.6 Å². The first kappa shape index (κ1) is 16.5. The number of nitrogens with one attached hydrogen (secondary N) is 1. The number of imidazole rings is 1. The zero-order chi connectivity index (χ0) is 18.0. The van der Waals surface area contributed by atoms with E-state index in [1.54, 1.807) is 55.6 Å². The number of nitrogens with two attached hydrogens (primary N) is 1. The van der Waals surface area contributed by atoms with E-state index in [0.717, 1.165) is 5.52 Å². The van der Waals surface area contributed by atoms with Gasteiger partial charge < -0.3 is 11.1 Å². The zero-order valence-corrected chi connectivity index (χ0v) is 13.7. The monoisotopic (exact) mass is 338 g/mol. The maximum atomic E-state index is 12.4. The normalized spacial score (nSPS) is 12.0. The third-order valence-electron chi connectivity index (χ3n) is 4.08. The summed E-state index contributed by atoms with van der Waals surface area (Å²) < 4.78 is 2.85. The van der Waals surface area contributed by atoms with Gasteiger partial charge >= 0.3 is 5.69 Å². The minimum atomic E-state index is -0.945. The van der Waals surface area contributed by atoms with E-state index in [-0.39, 0.29) is 12.2 Å². The van der Waals surface area contributed by atoms with E-state index in [1.165, 1.54) is 9.13 Å². The van der Waals surface area contributed by atoms with E-state index in [9.17, 15) is 14.4 Å². The molecule has 0 aliphatic rings. The van der Waals surface area contributed by atoms with E-state index in [4.69, 9.17) is 5.73 Å². The number of benzene rings is 2. The van der Waals surface area contributed by atoms with Crippen molar-refractivity contribution < 1.29 is 9.59 Å². The summed E-state index contributed by atoms with van der Waals surface area (Å²) in [6.45, 7) is -0.198. The van der Waals surface area contributed by atoms with Gasteiger partial charge in [-0.1, -0.05) is 42.5 Å². The van der Waals surface area contributed by atoms with Gasteiger partial charge in [0.05, 0.1) is 11.0 Å². The number of amides is 2. The molecule has 0 aliphatic heterocycles. The van der Waals surface area contributed by atoms with Crippen LogP contribution in [0.15, 0.2) is 59.4 Å². The first-order valence-corrected chi connectivity index (χ1v) is 7.77. The molecule has 1 atom stereocenters. The average molecular weight is 338 g/mol. The predicted molar refractivity (Wildman–Crippen MR) is 93.7 cm³/mol. The number of nitrogens with zero attached hydrogens (tertiary/aromatic N) is 2. The second kappa shape index (κ2) is 6.64. The molecule has 3 aromatic rings. The van der Waals surface area contributed by atoms with Gasteiger partial charge in [0.25, 0.3) is 0 Å². The van der Waals surface area contributed by atoms with Crippen LogP contribution in [0.3, 0.4) is 0 Å². The van der Waals surface area contributed by atoms with Crippen LogP contribution in [-0.2, 0) is 23.2 Å². The van der Waals surface area contributed by atoms with Gasteiger partial charge in [-0.15, -0.1) is 0 Å². The fourth-order valence-corrected chi connectivity index (χ4v) is 2.83. The van der Waals surface area contributed by atoms with Crippen LogP contribution >= 0.6 is 0 Å². The molecular weight excluding hydrogens is 320 g/mol. The van der Waals surface area contributed by atoms with Gasteiger partial charge in [0.1, 0.15) is 12.6 Å². The first-order valence-electron chi connectivity index (χ1n) is 7.77. The van der Waals surface area contributed by atoms with Crippen molar-refractivity contribution in [3.8, 4) is 0 Å². The number of carbonyl (C=O) groups excluding carboxylic acids is 2. The number of aryl methyl sites for hydroxylation is 1. The van der Waals surface area contributed by atoms with Crippen molar-refractivity contribution in [2.45, 2.75) is 12.6 Å². The fraction of sp³-hybridized carbons (Fsp3) is 0.167. The minimum absolute atomic E-state index is 0.198. The summed E-state index contributed by atoms with van der Waals surface area (Å²) in [5, 5.41) is 2.60. The van der Waals surface area contributed by atoms with E-state index in [0.29, 0.717) is 11.1 Å². The highest BCUT2D eigenvalue weighted by Gasteiger charge is 2.21. The number of primary amides is 1. The van der Waals surface area contributed by atoms with Gasteiger partial charge in [0.2, 0.25) is 11.8 Å². The molecule has 0 radical (unpaired) electrons. The zero-order valence-electron chi connectivity index (χ0n) is 13.7. The molecular formula is C18H18N4O3. The molecule has 0 unspecified atom stereocenters. The SMILES string of the molecule is Cn1c(=O)n(CC(=O)N[C@H](C(N)=O)c2ccccc2)c2ccccc21. The molecule has 7 nitrogen and oxygen atoms in total. The van der Waals surface area contributed by atoms with Crippen LogP contribution in [0.4, 0.5) is 0 Å². The molecule has 7 heteroatoms. The lowest BCUT2D eigenvalue weighted by atomic mass is 10.1. The summed E-state index contributed by atoms with van der Waals surface area (Å²) in [7, 11) is 1.65. The Kier molecular flexibility index (Phi) is 4.38. The number of carbonyl (C=O) groups is 2. The Labute approximate surface area is 143 Å². The molecule has 0 aliphatic carbocycles. The van der Waals surface area contributed by atoms with Crippen molar-refractivity contribution in [1.82, 2.24) is 14.5 Å². The third kappa shape index (κ3) is 3.16. The average Bonchev–Trinajstić information content (AvgIpc) is 2.85. The summed E-state index contributed by atoms with van der Waals surface area (Å²) in [4.78, 5) is 36.5. The van der Waals surface area contributed by atoms with Crippen molar-refractivity contribution in [1.29, 1.82) is 0 Å². The summed E-state index contributed by atoms with van der Waals surface area (Å²) in [5.41, 5.74) is 7.09. The minimum Gasteiger partial charge on any atom is -0.368 e. The molecule has 0 spiro atoms. The third-order valence-corrected chi connectivity index (χ3v) is 4.08. The van der Waals surface area contributed by atoms with Gasteiger partial charge in [-0.05, 0) is 17.7 Å². The van der Waals surface area contributed by atoms with Crippen molar-refractivity contribution in [2.75, 3.05) is 0 Å². The summed E-state index contributed by atoms with van der Waals surface area (Å²) in [5.74, 6) is -1.13. The highest BCUT2D eigenvalue weighted by Crippen LogP contribution is 2.13. The van der Waals surface area contributed by atoms with Gasteiger partial charge in [0.15, 0.2) is 0 Å². The molecule has 1 aromatic heterocycles. The Morgan fingerprint density at radius 1 is 1.04 bits per heavy atom. The Hall–Kier alpha value is -3.35. The van der Waals surface area contributed by atoms with Crippen LogP contribution in [0.5, 0.6) is 0 Å². The molecule has 2 amide bonds. The van der Waals surface area contributed by atoms with Crippen LogP contribution in [0, 0.1) is 0 Å². The van der Waals surface area contributed by atoms with E-state index >= 15 is 0 Å². The standard InChI is InChI=1S/C18H18N4O3/c1-21-13-9-5-6-10-14(13)22(18(21)25)11-15(23)20-16(17(19)24)12-7-3-2-4-8-12/h2-10,16H,11H2,1H3,(H2,19,24)(H,20,23)/t16-/m0/s1. The molecule has 2 aromatic carbocycles. The molecule has 3 N–H and O–H groups in total. The van der Waals surface area contributed by atoms with Crippen molar-refractivity contribution >= 4 is 22.8 Å². The highest BCUT2D eigenvalue weighted by molar-refractivity contribution is 5.88. The van der Waals surface area contributed by atoms with Gasteiger partial charge in [-0.3, -0.25) is 18.7 Å². The quantitative estimate of drug-likeness (QED) is 0.716. The second-order valence-electron chi connectivity index (χ2n) is 5.73. The maximum Gasteiger partial charge on any atom is 0.329 e. The van der Waals surface area contributed by atoms with Crippen molar-refractivity contribution in [3.63, 3.8) is 0 Å². The molecule has 1 heterocycles. The second-order valence-corrected chi connectivity index (χ2v) is 5.73. The molecule has 0 fully saturated rings.